The minimum Gasteiger partial charge on any atom is -0.378 e. The zero-order valence-corrected chi connectivity index (χ0v) is 16.3. The fourth-order valence-corrected chi connectivity index (χ4v) is 3.81. The van der Waals surface area contributed by atoms with Gasteiger partial charge in [-0.3, -0.25) is 4.79 Å². The number of unbranched alkanes of at least 4 members (excludes halogenated alkanes) is 2. The van der Waals surface area contributed by atoms with E-state index in [1.54, 1.807) is 0 Å². The van der Waals surface area contributed by atoms with Crippen molar-refractivity contribution in [1.29, 1.82) is 0 Å². The molecule has 0 bridgehead atoms. The zero-order valence-electron chi connectivity index (χ0n) is 16.3. The number of ether oxygens (including phenoxy) is 1. The average molecular weight is 357 g/mol. The van der Waals surface area contributed by atoms with Gasteiger partial charge in [0.25, 0.3) is 5.91 Å². The summed E-state index contributed by atoms with van der Waals surface area (Å²) in [6, 6.07) is 4.13. The maximum absolute atomic E-state index is 12.7. The third-order valence-electron chi connectivity index (χ3n) is 5.29. The van der Waals surface area contributed by atoms with Crippen LogP contribution in [-0.4, -0.2) is 34.0 Å². The quantitative estimate of drug-likeness (QED) is 0.756. The molecule has 2 aromatic heterocycles. The van der Waals surface area contributed by atoms with Gasteiger partial charge in [-0.15, -0.1) is 0 Å². The van der Waals surface area contributed by atoms with Crippen molar-refractivity contribution in [3.8, 4) is 0 Å². The third-order valence-corrected chi connectivity index (χ3v) is 5.29. The number of fused-ring (bicyclic) bond motifs is 1. The Morgan fingerprint density at radius 3 is 2.77 bits per heavy atom. The Morgan fingerprint density at radius 2 is 2.04 bits per heavy atom. The summed E-state index contributed by atoms with van der Waals surface area (Å²) in [5, 5.41) is 3.20. The summed E-state index contributed by atoms with van der Waals surface area (Å²) in [5.74, 6) is -0.0164. The fourth-order valence-electron chi connectivity index (χ4n) is 3.81. The second-order valence-electron chi connectivity index (χ2n) is 7.49. The van der Waals surface area contributed by atoms with Gasteiger partial charge in [0.2, 0.25) is 0 Å². The maximum Gasteiger partial charge on any atom is 0.255 e. The highest BCUT2D eigenvalue weighted by atomic mass is 16.5. The molecule has 0 spiro atoms. The lowest BCUT2D eigenvalue weighted by atomic mass is 9.92. The van der Waals surface area contributed by atoms with Gasteiger partial charge in [-0.1, -0.05) is 19.8 Å². The van der Waals surface area contributed by atoms with Crippen LogP contribution < -0.4 is 5.32 Å². The molecule has 1 N–H and O–H groups in total. The van der Waals surface area contributed by atoms with E-state index >= 15 is 0 Å². The SMILES string of the molecule is CCCCCOC1CCC(NC(=O)c2ccn3c(C)cc(C)nc23)CC1. The summed E-state index contributed by atoms with van der Waals surface area (Å²) in [6.45, 7) is 7.08. The minimum atomic E-state index is -0.0164. The van der Waals surface area contributed by atoms with Crippen molar-refractivity contribution in [2.45, 2.75) is 77.9 Å². The van der Waals surface area contributed by atoms with Crippen LogP contribution in [0.15, 0.2) is 18.3 Å². The monoisotopic (exact) mass is 357 g/mol. The van der Waals surface area contributed by atoms with Crippen molar-refractivity contribution in [2.24, 2.45) is 0 Å². The molecule has 1 amide bonds. The Kier molecular flexibility index (Phi) is 6.30. The van der Waals surface area contributed by atoms with Crippen LogP contribution in [0, 0.1) is 13.8 Å². The predicted octanol–water partition coefficient (Wildman–Crippen LogP) is 4.20. The Bertz CT molecular complexity index is 745. The van der Waals surface area contributed by atoms with Gasteiger partial charge in [0, 0.05) is 30.2 Å². The molecule has 0 unspecified atom stereocenters. The second kappa shape index (κ2) is 8.67. The van der Waals surface area contributed by atoms with Gasteiger partial charge < -0.3 is 14.5 Å². The van der Waals surface area contributed by atoms with Crippen LogP contribution >= 0.6 is 0 Å². The summed E-state index contributed by atoms with van der Waals surface area (Å²) in [4.78, 5) is 17.3. The lowest BCUT2D eigenvalue weighted by Gasteiger charge is -2.29. The summed E-state index contributed by atoms with van der Waals surface area (Å²) in [6.07, 6.45) is 9.95. The van der Waals surface area contributed by atoms with Crippen LogP contribution in [-0.2, 0) is 4.74 Å². The predicted molar refractivity (Wildman–Crippen MR) is 104 cm³/mol. The molecule has 0 aromatic carbocycles. The van der Waals surface area contributed by atoms with E-state index < -0.39 is 0 Å². The van der Waals surface area contributed by atoms with Crippen molar-refractivity contribution in [1.82, 2.24) is 14.7 Å². The van der Waals surface area contributed by atoms with Crippen LogP contribution in [0.4, 0.5) is 0 Å². The largest absolute Gasteiger partial charge is 0.378 e. The first-order valence-electron chi connectivity index (χ1n) is 9.96. The first-order valence-corrected chi connectivity index (χ1v) is 9.96. The van der Waals surface area contributed by atoms with Crippen LogP contribution in [0.2, 0.25) is 0 Å². The normalized spacial score (nSPS) is 20.4. The lowest BCUT2D eigenvalue weighted by molar-refractivity contribution is 0.0205. The molecule has 0 radical (unpaired) electrons. The van der Waals surface area contributed by atoms with E-state index in [1.807, 2.05) is 36.6 Å². The Balaban J connectivity index is 1.53. The van der Waals surface area contributed by atoms with Gasteiger partial charge in [0.15, 0.2) is 0 Å². The minimum absolute atomic E-state index is 0.0164. The molecule has 3 rings (SSSR count). The summed E-state index contributed by atoms with van der Waals surface area (Å²) < 4.78 is 7.94. The number of amides is 1. The van der Waals surface area contributed by atoms with Crippen molar-refractivity contribution >= 4 is 11.6 Å². The molecule has 2 aromatic rings. The number of aryl methyl sites for hydroxylation is 2. The van der Waals surface area contributed by atoms with Gasteiger partial charge in [-0.25, -0.2) is 4.98 Å². The molecule has 1 saturated carbocycles. The van der Waals surface area contributed by atoms with Gasteiger partial charge >= 0.3 is 0 Å². The first-order chi connectivity index (χ1) is 12.6. The van der Waals surface area contributed by atoms with Crippen LogP contribution in [0.1, 0.15) is 73.6 Å². The van der Waals surface area contributed by atoms with E-state index in [2.05, 4.69) is 17.2 Å². The summed E-state index contributed by atoms with van der Waals surface area (Å²) >= 11 is 0. The molecule has 1 aliphatic rings. The van der Waals surface area contributed by atoms with Crippen LogP contribution in [0.3, 0.4) is 0 Å². The highest BCUT2D eigenvalue weighted by Crippen LogP contribution is 2.22. The highest BCUT2D eigenvalue weighted by molar-refractivity contribution is 6.00. The molecule has 1 aliphatic carbocycles. The molecular weight excluding hydrogens is 326 g/mol. The molecular formula is C21H31N3O2. The van der Waals surface area contributed by atoms with E-state index in [1.165, 1.54) is 12.8 Å². The molecule has 5 heteroatoms. The van der Waals surface area contributed by atoms with E-state index in [0.29, 0.717) is 11.7 Å². The molecule has 2 heterocycles. The number of hydrogen-bond donors (Lipinski definition) is 1. The van der Waals surface area contributed by atoms with Gasteiger partial charge in [0.05, 0.1) is 11.7 Å². The molecule has 5 nitrogen and oxygen atoms in total. The fraction of sp³-hybridized carbons (Fsp3) is 0.619. The number of nitrogens with zero attached hydrogens (tertiary/aromatic N) is 2. The topological polar surface area (TPSA) is 55.6 Å². The van der Waals surface area contributed by atoms with Crippen LogP contribution in [0.25, 0.3) is 5.65 Å². The second-order valence-corrected chi connectivity index (χ2v) is 7.49. The molecule has 142 valence electrons. The molecule has 0 aliphatic heterocycles. The van der Waals surface area contributed by atoms with E-state index in [4.69, 9.17) is 4.74 Å². The number of hydrogen-bond acceptors (Lipinski definition) is 3. The van der Waals surface area contributed by atoms with Crippen molar-refractivity contribution < 1.29 is 9.53 Å². The van der Waals surface area contributed by atoms with E-state index in [0.717, 1.165) is 55.7 Å². The molecule has 26 heavy (non-hydrogen) atoms. The number of rotatable bonds is 7. The number of nitrogens with one attached hydrogen (secondary N) is 1. The third kappa shape index (κ3) is 4.44. The molecule has 1 fully saturated rings. The van der Waals surface area contributed by atoms with Crippen LogP contribution in [0.5, 0.6) is 0 Å². The standard InChI is InChI=1S/C21H31N3O2/c1-4-5-6-13-26-18-9-7-17(8-10-18)23-21(25)19-11-12-24-16(3)14-15(2)22-20(19)24/h11-12,14,17-18H,4-10,13H2,1-3H3,(H,23,25). The Labute approximate surface area is 156 Å². The average Bonchev–Trinajstić information content (AvgIpc) is 3.04. The summed E-state index contributed by atoms with van der Waals surface area (Å²) in [7, 11) is 0. The van der Waals surface area contributed by atoms with Gasteiger partial charge in [0.1, 0.15) is 5.65 Å². The smallest absolute Gasteiger partial charge is 0.255 e. The summed E-state index contributed by atoms with van der Waals surface area (Å²) in [5.41, 5.74) is 3.43. The maximum atomic E-state index is 12.7. The molecule has 0 atom stereocenters. The van der Waals surface area contributed by atoms with E-state index in [9.17, 15) is 4.79 Å². The molecule has 0 saturated heterocycles. The highest BCUT2D eigenvalue weighted by Gasteiger charge is 2.24. The zero-order chi connectivity index (χ0) is 18.5. The Hall–Kier alpha value is -1.88. The van der Waals surface area contributed by atoms with Crippen molar-refractivity contribution in [3.63, 3.8) is 0 Å². The van der Waals surface area contributed by atoms with Crippen molar-refractivity contribution in [2.75, 3.05) is 6.61 Å². The number of carbonyl (C=O) groups is 1. The number of aromatic nitrogens is 2. The first kappa shape index (κ1) is 18.9. The van der Waals surface area contributed by atoms with E-state index in [-0.39, 0.29) is 11.9 Å². The van der Waals surface area contributed by atoms with Gasteiger partial charge in [-0.2, -0.15) is 0 Å². The van der Waals surface area contributed by atoms with Gasteiger partial charge in [-0.05, 0) is 58.1 Å². The lowest BCUT2D eigenvalue weighted by Crippen LogP contribution is -2.39. The Morgan fingerprint density at radius 1 is 1.27 bits per heavy atom. The van der Waals surface area contributed by atoms with Crippen molar-refractivity contribution in [3.05, 3.63) is 35.3 Å². The number of carbonyl (C=O) groups excluding carboxylic acids is 1.